The molecule has 7 heteroatoms. The highest BCUT2D eigenvalue weighted by Gasteiger charge is 2.26. The van der Waals surface area contributed by atoms with Crippen LogP contribution in [0, 0.1) is 5.92 Å². The summed E-state index contributed by atoms with van der Waals surface area (Å²) in [7, 11) is 0. The van der Waals surface area contributed by atoms with E-state index in [1.807, 2.05) is 38.1 Å². The maximum Gasteiger partial charge on any atom is 0.223 e. The lowest BCUT2D eigenvalue weighted by Crippen LogP contribution is -2.18. The Bertz CT molecular complexity index is 838. The van der Waals surface area contributed by atoms with Crippen LogP contribution in [-0.2, 0) is 0 Å². The highest BCUT2D eigenvalue weighted by molar-refractivity contribution is 6.32. The summed E-state index contributed by atoms with van der Waals surface area (Å²) in [6.07, 6.45) is 4.51. The van der Waals surface area contributed by atoms with E-state index in [1.165, 1.54) is 0 Å². The quantitative estimate of drug-likeness (QED) is 0.371. The number of nitrogens with zero attached hydrogens (tertiary/aromatic N) is 2. The van der Waals surface area contributed by atoms with Crippen LogP contribution in [0.5, 0.6) is 0 Å². The van der Waals surface area contributed by atoms with E-state index >= 15 is 0 Å². The first-order valence-corrected chi connectivity index (χ1v) is 10.3. The van der Waals surface area contributed by atoms with E-state index in [9.17, 15) is 5.11 Å². The SMILES string of the molecule is C=CC(=C)Nc1ccc(-c2c(Cl)nc(N)nc2NC2CCC(CO)C2)cc1.CC. The smallest absolute Gasteiger partial charge is 0.223 e. The summed E-state index contributed by atoms with van der Waals surface area (Å²) >= 11 is 6.40. The zero-order chi connectivity index (χ0) is 21.4. The number of nitrogen functional groups attached to an aromatic ring is 1. The average molecular weight is 416 g/mol. The van der Waals surface area contributed by atoms with Crippen LogP contribution >= 0.6 is 11.6 Å². The van der Waals surface area contributed by atoms with E-state index in [4.69, 9.17) is 17.3 Å². The fourth-order valence-corrected chi connectivity index (χ4v) is 3.62. The van der Waals surface area contributed by atoms with Gasteiger partial charge in [0, 0.05) is 24.0 Å². The normalized spacial score (nSPS) is 17.8. The Morgan fingerprint density at radius 3 is 2.55 bits per heavy atom. The molecule has 0 aliphatic heterocycles. The van der Waals surface area contributed by atoms with Crippen molar-refractivity contribution in [1.29, 1.82) is 0 Å². The number of anilines is 3. The molecule has 1 fully saturated rings. The molecule has 2 atom stereocenters. The molecule has 1 aromatic carbocycles. The molecular formula is C22H30ClN5O. The second-order valence-corrected chi connectivity index (χ2v) is 7.09. The lowest BCUT2D eigenvalue weighted by molar-refractivity contribution is 0.229. The number of nitrogens with one attached hydrogen (secondary N) is 2. The number of benzene rings is 1. The van der Waals surface area contributed by atoms with E-state index in [0.717, 1.165) is 36.2 Å². The summed E-state index contributed by atoms with van der Waals surface area (Å²) in [6, 6.07) is 7.96. The topological polar surface area (TPSA) is 96.1 Å². The van der Waals surface area contributed by atoms with Gasteiger partial charge in [0.15, 0.2) is 0 Å². The Kier molecular flexibility index (Phi) is 8.49. The second-order valence-electron chi connectivity index (χ2n) is 6.73. The van der Waals surface area contributed by atoms with Gasteiger partial charge in [-0.1, -0.05) is 50.7 Å². The van der Waals surface area contributed by atoms with E-state index in [-0.39, 0.29) is 18.6 Å². The Morgan fingerprint density at radius 1 is 1.28 bits per heavy atom. The maximum absolute atomic E-state index is 9.36. The molecule has 1 heterocycles. The summed E-state index contributed by atoms with van der Waals surface area (Å²) < 4.78 is 0. The van der Waals surface area contributed by atoms with Gasteiger partial charge < -0.3 is 21.5 Å². The fourth-order valence-electron chi connectivity index (χ4n) is 3.33. The molecule has 0 amide bonds. The van der Waals surface area contributed by atoms with Crippen molar-refractivity contribution >= 4 is 29.1 Å². The number of rotatable bonds is 7. The second kappa shape index (κ2) is 10.8. The lowest BCUT2D eigenvalue weighted by atomic mass is 10.1. The van der Waals surface area contributed by atoms with Crippen LogP contribution < -0.4 is 16.4 Å². The molecule has 0 bridgehead atoms. The van der Waals surface area contributed by atoms with Crippen molar-refractivity contribution in [2.75, 3.05) is 23.0 Å². The molecule has 1 saturated carbocycles. The monoisotopic (exact) mass is 415 g/mol. The molecule has 2 aromatic rings. The van der Waals surface area contributed by atoms with Crippen molar-refractivity contribution in [2.24, 2.45) is 5.92 Å². The Hall–Kier alpha value is -2.57. The number of halogens is 1. The molecule has 3 rings (SSSR count). The first kappa shape index (κ1) is 22.7. The third-order valence-corrected chi connectivity index (χ3v) is 5.02. The minimum atomic E-state index is 0.128. The van der Waals surface area contributed by atoms with Crippen LogP contribution in [0.4, 0.5) is 17.5 Å². The summed E-state index contributed by atoms with van der Waals surface area (Å²) in [5.41, 5.74) is 9.03. The molecule has 2 unspecified atom stereocenters. The Balaban J connectivity index is 0.00000145. The highest BCUT2D eigenvalue weighted by atomic mass is 35.5. The summed E-state index contributed by atoms with van der Waals surface area (Å²) in [5.74, 6) is 1.07. The molecule has 6 nitrogen and oxygen atoms in total. The Morgan fingerprint density at radius 2 is 1.97 bits per heavy atom. The predicted octanol–water partition coefficient (Wildman–Crippen LogP) is 5.09. The van der Waals surface area contributed by atoms with Crippen molar-refractivity contribution in [3.8, 4) is 11.1 Å². The van der Waals surface area contributed by atoms with Gasteiger partial charge in [-0.3, -0.25) is 0 Å². The van der Waals surface area contributed by atoms with E-state index in [2.05, 4.69) is 33.8 Å². The molecule has 1 aliphatic rings. The van der Waals surface area contributed by atoms with Crippen molar-refractivity contribution in [3.05, 3.63) is 54.3 Å². The first-order chi connectivity index (χ1) is 14.0. The standard InChI is InChI=1S/C20H24ClN5O.C2H6/c1-3-12(2)23-15-8-5-14(6-9-15)17-18(21)25-20(22)26-19(17)24-16-7-4-13(10-16)11-27;1-2/h3,5-6,8-9,13,16,23,27H,1-2,4,7,10-11H2,(H3,22,24,25,26);1-2H3. The molecular weight excluding hydrogens is 386 g/mol. The molecule has 0 spiro atoms. The highest BCUT2D eigenvalue weighted by Crippen LogP contribution is 2.36. The molecule has 0 saturated heterocycles. The van der Waals surface area contributed by atoms with E-state index < -0.39 is 0 Å². The Labute approximate surface area is 177 Å². The summed E-state index contributed by atoms with van der Waals surface area (Å²) in [5, 5.41) is 16.3. The van der Waals surface area contributed by atoms with Crippen LogP contribution in [0.1, 0.15) is 33.1 Å². The minimum Gasteiger partial charge on any atom is -0.396 e. The van der Waals surface area contributed by atoms with Gasteiger partial charge in [0.05, 0.1) is 5.56 Å². The zero-order valence-corrected chi connectivity index (χ0v) is 17.8. The van der Waals surface area contributed by atoms with Crippen LogP contribution in [0.3, 0.4) is 0 Å². The van der Waals surface area contributed by atoms with Gasteiger partial charge in [0.1, 0.15) is 11.0 Å². The van der Waals surface area contributed by atoms with Gasteiger partial charge in [-0.05, 0) is 49.0 Å². The van der Waals surface area contributed by atoms with Crippen molar-refractivity contribution < 1.29 is 5.11 Å². The van der Waals surface area contributed by atoms with Gasteiger partial charge in [-0.2, -0.15) is 4.98 Å². The van der Waals surface area contributed by atoms with Gasteiger partial charge >= 0.3 is 0 Å². The van der Waals surface area contributed by atoms with Crippen LogP contribution in [0.25, 0.3) is 11.1 Å². The number of aliphatic hydroxyl groups is 1. The van der Waals surface area contributed by atoms with Crippen molar-refractivity contribution in [2.45, 2.75) is 39.2 Å². The van der Waals surface area contributed by atoms with E-state index in [1.54, 1.807) is 6.08 Å². The van der Waals surface area contributed by atoms with Crippen LogP contribution in [0.2, 0.25) is 5.15 Å². The molecule has 29 heavy (non-hydrogen) atoms. The number of hydrogen-bond acceptors (Lipinski definition) is 6. The van der Waals surface area contributed by atoms with Gasteiger partial charge in [0.25, 0.3) is 0 Å². The summed E-state index contributed by atoms with van der Waals surface area (Å²) in [4.78, 5) is 8.48. The fraction of sp³-hybridized carbons (Fsp3) is 0.364. The molecule has 1 aliphatic carbocycles. The largest absolute Gasteiger partial charge is 0.396 e. The van der Waals surface area contributed by atoms with Gasteiger partial charge in [-0.15, -0.1) is 0 Å². The molecule has 5 N–H and O–H groups in total. The summed E-state index contributed by atoms with van der Waals surface area (Å²) in [6.45, 7) is 11.7. The van der Waals surface area contributed by atoms with E-state index in [0.29, 0.717) is 22.5 Å². The minimum absolute atomic E-state index is 0.128. The van der Waals surface area contributed by atoms with Crippen molar-refractivity contribution in [3.63, 3.8) is 0 Å². The number of allylic oxidation sites excluding steroid dienone is 1. The number of aliphatic hydroxyl groups excluding tert-OH is 1. The molecule has 1 aromatic heterocycles. The lowest BCUT2D eigenvalue weighted by Gasteiger charge is -2.18. The third-order valence-electron chi connectivity index (χ3n) is 4.75. The maximum atomic E-state index is 9.36. The number of aromatic nitrogens is 2. The van der Waals surface area contributed by atoms with Crippen LogP contribution in [0.15, 0.2) is 49.2 Å². The van der Waals surface area contributed by atoms with Gasteiger partial charge in [-0.25, -0.2) is 4.98 Å². The number of hydrogen-bond donors (Lipinski definition) is 4. The van der Waals surface area contributed by atoms with Crippen molar-refractivity contribution in [1.82, 2.24) is 9.97 Å². The molecule has 156 valence electrons. The van der Waals surface area contributed by atoms with Crippen LogP contribution in [-0.4, -0.2) is 27.7 Å². The van der Waals surface area contributed by atoms with Gasteiger partial charge in [0.2, 0.25) is 5.95 Å². The predicted molar refractivity (Wildman–Crippen MR) is 123 cm³/mol. The first-order valence-electron chi connectivity index (χ1n) is 9.89. The zero-order valence-electron chi connectivity index (χ0n) is 17.1. The molecule has 0 radical (unpaired) electrons. The average Bonchev–Trinajstić information content (AvgIpc) is 3.17. The third kappa shape index (κ3) is 5.95. The number of nitrogens with two attached hydrogens (primary N) is 1.